The summed E-state index contributed by atoms with van der Waals surface area (Å²) >= 11 is 6.06. The van der Waals surface area contributed by atoms with E-state index in [-0.39, 0.29) is 18.2 Å². The zero-order valence-corrected chi connectivity index (χ0v) is 11.1. The van der Waals surface area contributed by atoms with Crippen molar-refractivity contribution < 1.29 is 14.3 Å². The SMILES string of the molecule is C[C@@H](O)CNC(=O)c1ccc(-c2ccccc2Cl)o1. The van der Waals surface area contributed by atoms with Crippen LogP contribution < -0.4 is 5.32 Å². The van der Waals surface area contributed by atoms with E-state index < -0.39 is 6.10 Å². The molecule has 0 aliphatic rings. The van der Waals surface area contributed by atoms with Crippen molar-refractivity contribution in [3.63, 3.8) is 0 Å². The maximum atomic E-state index is 11.7. The first-order valence-electron chi connectivity index (χ1n) is 5.89. The van der Waals surface area contributed by atoms with Gasteiger partial charge in [0.1, 0.15) is 5.76 Å². The molecule has 0 spiro atoms. The summed E-state index contributed by atoms with van der Waals surface area (Å²) in [6.07, 6.45) is -0.595. The van der Waals surface area contributed by atoms with Gasteiger partial charge in [0.2, 0.25) is 0 Å². The molecule has 2 rings (SSSR count). The average molecular weight is 280 g/mol. The highest BCUT2D eigenvalue weighted by atomic mass is 35.5. The van der Waals surface area contributed by atoms with Crippen LogP contribution in [0.1, 0.15) is 17.5 Å². The Kier molecular flexibility index (Phi) is 4.24. The minimum Gasteiger partial charge on any atom is -0.451 e. The fourth-order valence-electron chi connectivity index (χ4n) is 1.59. The number of aliphatic hydroxyl groups excluding tert-OH is 1. The van der Waals surface area contributed by atoms with Gasteiger partial charge < -0.3 is 14.8 Å². The van der Waals surface area contributed by atoms with Crippen LogP contribution in [0.5, 0.6) is 0 Å². The van der Waals surface area contributed by atoms with Gasteiger partial charge in [-0.2, -0.15) is 0 Å². The predicted molar refractivity (Wildman–Crippen MR) is 73.2 cm³/mol. The molecule has 19 heavy (non-hydrogen) atoms. The van der Waals surface area contributed by atoms with Gasteiger partial charge in [-0.25, -0.2) is 0 Å². The number of benzene rings is 1. The summed E-state index contributed by atoms with van der Waals surface area (Å²) < 4.78 is 5.47. The highest BCUT2D eigenvalue weighted by Crippen LogP contribution is 2.28. The molecule has 1 aromatic carbocycles. The molecule has 1 heterocycles. The molecule has 0 bridgehead atoms. The van der Waals surface area contributed by atoms with Gasteiger partial charge in [-0.05, 0) is 31.2 Å². The van der Waals surface area contributed by atoms with Crippen molar-refractivity contribution in [2.75, 3.05) is 6.54 Å². The topological polar surface area (TPSA) is 62.5 Å². The summed E-state index contributed by atoms with van der Waals surface area (Å²) in [6, 6.07) is 10.5. The second kappa shape index (κ2) is 5.91. The zero-order chi connectivity index (χ0) is 13.8. The van der Waals surface area contributed by atoms with Crippen LogP contribution in [0.3, 0.4) is 0 Å². The molecule has 0 aliphatic carbocycles. The lowest BCUT2D eigenvalue weighted by molar-refractivity contribution is 0.0897. The number of amides is 1. The third-order valence-electron chi connectivity index (χ3n) is 2.53. The van der Waals surface area contributed by atoms with Gasteiger partial charge in [0.05, 0.1) is 11.1 Å². The number of aliphatic hydroxyl groups is 1. The second-order valence-corrected chi connectivity index (χ2v) is 4.61. The molecule has 0 saturated heterocycles. The number of carbonyl (C=O) groups excluding carboxylic acids is 1. The van der Waals surface area contributed by atoms with Crippen molar-refractivity contribution in [3.05, 3.63) is 47.2 Å². The van der Waals surface area contributed by atoms with E-state index in [1.165, 1.54) is 0 Å². The fourth-order valence-corrected chi connectivity index (χ4v) is 1.82. The lowest BCUT2D eigenvalue weighted by Gasteiger charge is -2.05. The molecule has 1 atom stereocenters. The first kappa shape index (κ1) is 13.6. The molecule has 4 nitrogen and oxygen atoms in total. The van der Waals surface area contributed by atoms with E-state index >= 15 is 0 Å². The van der Waals surface area contributed by atoms with Crippen LogP contribution in [0, 0.1) is 0 Å². The van der Waals surface area contributed by atoms with Crippen LogP contribution in [0.25, 0.3) is 11.3 Å². The van der Waals surface area contributed by atoms with E-state index in [2.05, 4.69) is 5.32 Å². The number of halogens is 1. The Morgan fingerprint density at radius 2 is 2.11 bits per heavy atom. The number of hydrogen-bond acceptors (Lipinski definition) is 3. The highest BCUT2D eigenvalue weighted by molar-refractivity contribution is 6.33. The number of carbonyl (C=O) groups is 1. The van der Waals surface area contributed by atoms with Gasteiger partial charge in [-0.3, -0.25) is 4.79 Å². The van der Waals surface area contributed by atoms with Gasteiger partial charge in [-0.15, -0.1) is 0 Å². The third-order valence-corrected chi connectivity index (χ3v) is 2.86. The molecule has 5 heteroatoms. The molecule has 2 N–H and O–H groups in total. The van der Waals surface area contributed by atoms with E-state index in [4.69, 9.17) is 21.1 Å². The fraction of sp³-hybridized carbons (Fsp3) is 0.214. The molecule has 0 unspecified atom stereocenters. The summed E-state index contributed by atoms with van der Waals surface area (Å²) in [5.74, 6) is 0.363. The second-order valence-electron chi connectivity index (χ2n) is 4.20. The third kappa shape index (κ3) is 3.36. The summed E-state index contributed by atoms with van der Waals surface area (Å²) in [4.78, 5) is 11.7. The Morgan fingerprint density at radius 3 is 2.79 bits per heavy atom. The standard InChI is InChI=1S/C14H14ClNO3/c1-9(17)8-16-14(18)13-7-6-12(19-13)10-4-2-3-5-11(10)15/h2-7,9,17H,8H2,1H3,(H,16,18)/t9-/m1/s1. The summed E-state index contributed by atoms with van der Waals surface area (Å²) in [5.41, 5.74) is 0.735. The van der Waals surface area contributed by atoms with E-state index in [1.807, 2.05) is 18.2 Å². The van der Waals surface area contributed by atoms with E-state index in [0.29, 0.717) is 10.8 Å². The lowest BCUT2D eigenvalue weighted by atomic mass is 10.2. The molecule has 1 amide bonds. The van der Waals surface area contributed by atoms with Crippen molar-refractivity contribution in [2.24, 2.45) is 0 Å². The maximum absolute atomic E-state index is 11.7. The van der Waals surface area contributed by atoms with E-state index in [1.54, 1.807) is 25.1 Å². The molecule has 0 radical (unpaired) electrons. The van der Waals surface area contributed by atoms with Gasteiger partial charge in [0, 0.05) is 12.1 Å². The molecular formula is C14H14ClNO3. The normalized spacial score (nSPS) is 12.2. The number of hydrogen-bond donors (Lipinski definition) is 2. The van der Waals surface area contributed by atoms with Gasteiger partial charge >= 0.3 is 0 Å². The van der Waals surface area contributed by atoms with E-state index in [0.717, 1.165) is 5.56 Å². The minimum absolute atomic E-state index is 0.182. The van der Waals surface area contributed by atoms with Crippen LogP contribution in [0.15, 0.2) is 40.8 Å². The smallest absolute Gasteiger partial charge is 0.287 e. The lowest BCUT2D eigenvalue weighted by Crippen LogP contribution is -2.30. The van der Waals surface area contributed by atoms with Crippen molar-refractivity contribution >= 4 is 17.5 Å². The molecule has 0 aliphatic heterocycles. The van der Waals surface area contributed by atoms with Gasteiger partial charge in [0.15, 0.2) is 5.76 Å². The molecule has 0 fully saturated rings. The largest absolute Gasteiger partial charge is 0.451 e. The van der Waals surface area contributed by atoms with Crippen LogP contribution >= 0.6 is 11.6 Å². The monoisotopic (exact) mass is 279 g/mol. The quantitative estimate of drug-likeness (QED) is 0.904. The minimum atomic E-state index is -0.595. The Balaban J connectivity index is 2.15. The molecular weight excluding hydrogens is 266 g/mol. The predicted octanol–water partition coefficient (Wildman–Crippen LogP) is 2.71. The highest BCUT2D eigenvalue weighted by Gasteiger charge is 2.13. The first-order valence-corrected chi connectivity index (χ1v) is 6.26. The van der Waals surface area contributed by atoms with Crippen LogP contribution in [0.2, 0.25) is 5.02 Å². The number of nitrogens with one attached hydrogen (secondary N) is 1. The molecule has 1 aromatic heterocycles. The average Bonchev–Trinajstić information content (AvgIpc) is 2.86. The first-order chi connectivity index (χ1) is 9.08. The Hall–Kier alpha value is -1.78. The molecule has 2 aromatic rings. The molecule has 0 saturated carbocycles. The van der Waals surface area contributed by atoms with E-state index in [9.17, 15) is 4.79 Å². The zero-order valence-electron chi connectivity index (χ0n) is 10.4. The van der Waals surface area contributed by atoms with Crippen LogP contribution in [0.4, 0.5) is 0 Å². The molecule has 100 valence electrons. The summed E-state index contributed by atoms with van der Waals surface area (Å²) in [5, 5.41) is 12.2. The number of rotatable bonds is 4. The summed E-state index contributed by atoms with van der Waals surface area (Å²) in [7, 11) is 0. The summed E-state index contributed by atoms with van der Waals surface area (Å²) in [6.45, 7) is 1.78. The Labute approximate surface area is 116 Å². The Morgan fingerprint density at radius 1 is 1.37 bits per heavy atom. The van der Waals surface area contributed by atoms with Crippen LogP contribution in [-0.4, -0.2) is 23.7 Å². The van der Waals surface area contributed by atoms with Crippen molar-refractivity contribution in [3.8, 4) is 11.3 Å². The van der Waals surface area contributed by atoms with Gasteiger partial charge in [0.25, 0.3) is 5.91 Å². The van der Waals surface area contributed by atoms with Crippen molar-refractivity contribution in [2.45, 2.75) is 13.0 Å². The maximum Gasteiger partial charge on any atom is 0.287 e. The van der Waals surface area contributed by atoms with Gasteiger partial charge in [-0.1, -0.05) is 23.7 Å². The van der Waals surface area contributed by atoms with Crippen LogP contribution in [-0.2, 0) is 0 Å². The Bertz CT molecular complexity index is 578. The van der Waals surface area contributed by atoms with Crippen molar-refractivity contribution in [1.29, 1.82) is 0 Å². The number of furan rings is 1. The van der Waals surface area contributed by atoms with Crippen molar-refractivity contribution in [1.82, 2.24) is 5.32 Å².